The molecule has 1 atom stereocenters. The number of carbonyl (C=O) groups is 3. The molecule has 1 saturated heterocycles. The van der Waals surface area contributed by atoms with Crippen molar-refractivity contribution in [2.24, 2.45) is 11.7 Å². The molecule has 8 heteroatoms. The van der Waals surface area contributed by atoms with Gasteiger partial charge in [0.25, 0.3) is 0 Å². The number of rotatable bonds is 5. The van der Waals surface area contributed by atoms with Crippen molar-refractivity contribution >= 4 is 23.7 Å². The summed E-state index contributed by atoms with van der Waals surface area (Å²) < 4.78 is 4.70. The van der Waals surface area contributed by atoms with Crippen molar-refractivity contribution in [1.82, 2.24) is 4.90 Å². The number of amides is 2. The van der Waals surface area contributed by atoms with Crippen LogP contribution < -0.4 is 11.1 Å². The monoisotopic (exact) mass is 349 g/mol. The van der Waals surface area contributed by atoms with E-state index < -0.39 is 12.0 Å². The fourth-order valence-electron chi connectivity index (χ4n) is 2.88. The Morgan fingerprint density at radius 2 is 1.88 bits per heavy atom. The maximum absolute atomic E-state index is 12.2. The molecule has 8 nitrogen and oxygen atoms in total. The summed E-state index contributed by atoms with van der Waals surface area (Å²) in [5.41, 5.74) is 6.64. The van der Waals surface area contributed by atoms with Crippen molar-refractivity contribution in [2.45, 2.75) is 25.3 Å². The van der Waals surface area contributed by atoms with Crippen LogP contribution in [0.2, 0.25) is 0 Å². The number of benzene rings is 1. The lowest BCUT2D eigenvalue weighted by Gasteiger charge is -2.31. The van der Waals surface area contributed by atoms with E-state index in [9.17, 15) is 14.4 Å². The number of aromatic carboxylic acids is 1. The zero-order chi connectivity index (χ0) is 18.4. The Labute approximate surface area is 145 Å². The normalized spacial score (nSPS) is 16.2. The number of carbonyl (C=O) groups excluding carboxylic acids is 2. The molecule has 1 heterocycles. The van der Waals surface area contributed by atoms with Crippen molar-refractivity contribution in [3.63, 3.8) is 0 Å². The van der Waals surface area contributed by atoms with Gasteiger partial charge in [0, 0.05) is 18.8 Å². The first-order chi connectivity index (χ1) is 11.9. The Hall–Kier alpha value is -2.61. The predicted molar refractivity (Wildman–Crippen MR) is 91.3 cm³/mol. The van der Waals surface area contributed by atoms with Crippen LogP contribution in [0.25, 0.3) is 0 Å². The minimum Gasteiger partial charge on any atom is -0.478 e. The van der Waals surface area contributed by atoms with Gasteiger partial charge in [0.1, 0.15) is 0 Å². The van der Waals surface area contributed by atoms with Crippen LogP contribution in [0.3, 0.4) is 0 Å². The molecule has 1 fully saturated rings. The number of carboxylic acids is 1. The van der Waals surface area contributed by atoms with E-state index in [0.717, 1.165) is 12.8 Å². The number of likely N-dealkylation sites (tertiary alicyclic amines) is 1. The van der Waals surface area contributed by atoms with Gasteiger partial charge in [-0.3, -0.25) is 4.79 Å². The van der Waals surface area contributed by atoms with Gasteiger partial charge in [-0.2, -0.15) is 0 Å². The Morgan fingerprint density at radius 1 is 1.28 bits per heavy atom. The summed E-state index contributed by atoms with van der Waals surface area (Å²) in [4.78, 5) is 36.1. The lowest BCUT2D eigenvalue weighted by Crippen LogP contribution is -2.42. The third-order valence-corrected chi connectivity index (χ3v) is 4.37. The number of nitrogens with two attached hydrogens (primary N) is 1. The Kier molecular flexibility index (Phi) is 6.35. The van der Waals surface area contributed by atoms with Crippen LogP contribution in [-0.4, -0.2) is 54.2 Å². The highest BCUT2D eigenvalue weighted by atomic mass is 16.5. The minimum atomic E-state index is -1.02. The quantitative estimate of drug-likeness (QED) is 0.741. The summed E-state index contributed by atoms with van der Waals surface area (Å²) in [6.07, 6.45) is 1.77. The molecular weight excluding hydrogens is 326 g/mol. The van der Waals surface area contributed by atoms with Crippen molar-refractivity contribution in [1.29, 1.82) is 0 Å². The number of methoxy groups -OCH3 is 1. The number of nitrogens with zero attached hydrogens (tertiary/aromatic N) is 1. The molecule has 0 unspecified atom stereocenters. The molecule has 1 aliphatic rings. The SMILES string of the molecule is COC(=O)N1CCC(C[C@H](N)C(=O)Nc2ccc(C(=O)O)cc2)CC1. The molecule has 1 aromatic carbocycles. The van der Waals surface area contributed by atoms with E-state index in [-0.39, 0.29) is 23.5 Å². The first-order valence-electron chi connectivity index (χ1n) is 8.13. The molecule has 0 spiro atoms. The summed E-state index contributed by atoms with van der Waals surface area (Å²) in [6, 6.07) is 5.25. The smallest absolute Gasteiger partial charge is 0.409 e. The van der Waals surface area contributed by atoms with E-state index in [1.807, 2.05) is 0 Å². The summed E-state index contributed by atoms with van der Waals surface area (Å²) in [6.45, 7) is 1.20. The largest absolute Gasteiger partial charge is 0.478 e. The second-order valence-corrected chi connectivity index (χ2v) is 6.11. The van der Waals surface area contributed by atoms with Crippen LogP contribution in [0, 0.1) is 5.92 Å². The van der Waals surface area contributed by atoms with E-state index in [2.05, 4.69) is 5.32 Å². The minimum absolute atomic E-state index is 0.152. The van der Waals surface area contributed by atoms with Gasteiger partial charge in [-0.1, -0.05) is 0 Å². The molecule has 4 N–H and O–H groups in total. The molecule has 0 aromatic heterocycles. The molecule has 0 saturated carbocycles. The molecule has 2 amide bonds. The number of ether oxygens (including phenoxy) is 1. The summed E-state index contributed by atoms with van der Waals surface area (Å²) >= 11 is 0. The van der Waals surface area contributed by atoms with Gasteiger partial charge in [-0.15, -0.1) is 0 Å². The van der Waals surface area contributed by atoms with Crippen LogP contribution in [0.15, 0.2) is 24.3 Å². The Bertz CT molecular complexity index is 624. The predicted octanol–water partition coefficient (Wildman–Crippen LogP) is 1.52. The zero-order valence-electron chi connectivity index (χ0n) is 14.1. The van der Waals surface area contributed by atoms with Gasteiger partial charge < -0.3 is 25.8 Å². The second kappa shape index (κ2) is 8.48. The van der Waals surface area contributed by atoms with Gasteiger partial charge in [0.05, 0.1) is 18.7 Å². The van der Waals surface area contributed by atoms with Gasteiger partial charge in [0.2, 0.25) is 5.91 Å². The van der Waals surface area contributed by atoms with Gasteiger partial charge in [-0.25, -0.2) is 9.59 Å². The molecule has 25 heavy (non-hydrogen) atoms. The zero-order valence-corrected chi connectivity index (χ0v) is 14.1. The number of hydrogen-bond donors (Lipinski definition) is 3. The summed E-state index contributed by atoms with van der Waals surface area (Å²) in [5, 5.41) is 11.5. The first kappa shape index (κ1) is 18.7. The van der Waals surface area contributed by atoms with Crippen molar-refractivity contribution < 1.29 is 24.2 Å². The van der Waals surface area contributed by atoms with E-state index in [1.54, 1.807) is 4.90 Å². The highest BCUT2D eigenvalue weighted by Gasteiger charge is 2.26. The fraction of sp³-hybridized carbons (Fsp3) is 0.471. The maximum atomic E-state index is 12.2. The molecule has 136 valence electrons. The Balaban J connectivity index is 1.80. The third kappa shape index (κ3) is 5.18. The number of hydrogen-bond acceptors (Lipinski definition) is 5. The van der Waals surface area contributed by atoms with Gasteiger partial charge in [-0.05, 0) is 49.4 Å². The first-order valence-corrected chi connectivity index (χ1v) is 8.13. The van der Waals surface area contributed by atoms with Crippen LogP contribution in [0.1, 0.15) is 29.6 Å². The van der Waals surface area contributed by atoms with Crippen LogP contribution in [0.5, 0.6) is 0 Å². The molecular formula is C17H23N3O5. The van der Waals surface area contributed by atoms with E-state index in [1.165, 1.54) is 31.4 Å². The van der Waals surface area contributed by atoms with E-state index >= 15 is 0 Å². The van der Waals surface area contributed by atoms with E-state index in [0.29, 0.717) is 25.2 Å². The summed E-state index contributed by atoms with van der Waals surface area (Å²) in [7, 11) is 1.36. The van der Waals surface area contributed by atoms with Gasteiger partial charge >= 0.3 is 12.1 Å². The fourth-order valence-corrected chi connectivity index (χ4v) is 2.88. The average molecular weight is 349 g/mol. The Morgan fingerprint density at radius 3 is 2.40 bits per heavy atom. The molecule has 2 rings (SSSR count). The standard InChI is InChI=1S/C17H23N3O5/c1-25-17(24)20-8-6-11(7-9-20)10-14(18)15(21)19-13-4-2-12(3-5-13)16(22)23/h2-5,11,14H,6-10,18H2,1H3,(H,19,21)(H,22,23)/t14-/m0/s1. The lowest BCUT2D eigenvalue weighted by molar-refractivity contribution is -0.117. The topological polar surface area (TPSA) is 122 Å². The van der Waals surface area contributed by atoms with Crippen molar-refractivity contribution in [2.75, 3.05) is 25.5 Å². The van der Waals surface area contributed by atoms with Crippen LogP contribution in [0.4, 0.5) is 10.5 Å². The van der Waals surface area contributed by atoms with Crippen molar-refractivity contribution in [3.05, 3.63) is 29.8 Å². The van der Waals surface area contributed by atoms with Crippen LogP contribution >= 0.6 is 0 Å². The third-order valence-electron chi connectivity index (χ3n) is 4.37. The number of anilines is 1. The number of carboxylic acid groups (broad SMARTS) is 1. The van der Waals surface area contributed by atoms with Gasteiger partial charge in [0.15, 0.2) is 0 Å². The molecule has 0 bridgehead atoms. The number of piperidine rings is 1. The molecule has 1 aromatic rings. The summed E-state index contributed by atoms with van der Waals surface area (Å²) in [5.74, 6) is -1.05. The van der Waals surface area contributed by atoms with Crippen LogP contribution in [-0.2, 0) is 9.53 Å². The molecule has 0 radical (unpaired) electrons. The van der Waals surface area contributed by atoms with Crippen molar-refractivity contribution in [3.8, 4) is 0 Å². The highest BCUT2D eigenvalue weighted by molar-refractivity contribution is 5.95. The lowest BCUT2D eigenvalue weighted by atomic mass is 9.90. The maximum Gasteiger partial charge on any atom is 0.409 e. The number of nitrogens with one attached hydrogen (secondary N) is 1. The highest BCUT2D eigenvalue weighted by Crippen LogP contribution is 2.22. The van der Waals surface area contributed by atoms with E-state index in [4.69, 9.17) is 15.6 Å². The average Bonchev–Trinajstić information content (AvgIpc) is 2.62. The molecule has 0 aliphatic carbocycles. The molecule has 1 aliphatic heterocycles. The second-order valence-electron chi connectivity index (χ2n) is 6.11.